The van der Waals surface area contributed by atoms with E-state index in [1.165, 1.54) is 0 Å². The number of carbonyl (C=O) groups excluding carboxylic acids is 2. The zero-order valence-corrected chi connectivity index (χ0v) is 20.6. The SMILES string of the molecule is Nc1ccc(C(=O)C(COCc2ccccc2)NC(=O)c2cccc3[nH]ccc23)c(Oc2ccccc2)c1. The average molecular weight is 506 g/mol. The molecular formula is C31H27N3O4. The number of Topliss-reactive ketones (excluding diaryl/α,β-unsaturated/α-hetero) is 1. The van der Waals surface area contributed by atoms with Crippen molar-refractivity contribution in [1.82, 2.24) is 10.3 Å². The highest BCUT2D eigenvalue weighted by molar-refractivity contribution is 6.10. The molecule has 0 fully saturated rings. The van der Waals surface area contributed by atoms with Gasteiger partial charge in [-0.05, 0) is 48.0 Å². The number of rotatable bonds is 10. The molecule has 0 spiro atoms. The number of benzene rings is 4. The summed E-state index contributed by atoms with van der Waals surface area (Å²) in [6.07, 6.45) is 1.77. The Kier molecular flexibility index (Phi) is 7.47. The van der Waals surface area contributed by atoms with Gasteiger partial charge in [0.2, 0.25) is 0 Å². The van der Waals surface area contributed by atoms with Crippen LogP contribution >= 0.6 is 0 Å². The second kappa shape index (κ2) is 11.5. The van der Waals surface area contributed by atoms with Crippen LogP contribution in [0.1, 0.15) is 26.3 Å². The maximum atomic E-state index is 13.9. The number of H-pyrrole nitrogens is 1. The molecule has 0 bridgehead atoms. The second-order valence-electron chi connectivity index (χ2n) is 8.81. The van der Waals surface area contributed by atoms with E-state index >= 15 is 0 Å². The Balaban J connectivity index is 1.42. The molecule has 7 heteroatoms. The molecule has 7 nitrogen and oxygen atoms in total. The number of hydrogen-bond acceptors (Lipinski definition) is 5. The fourth-order valence-electron chi connectivity index (χ4n) is 4.20. The summed E-state index contributed by atoms with van der Waals surface area (Å²) in [5.41, 5.74) is 9.01. The number of para-hydroxylation sites is 1. The van der Waals surface area contributed by atoms with E-state index in [1.54, 1.807) is 48.7 Å². The topological polar surface area (TPSA) is 106 Å². The minimum atomic E-state index is -0.970. The van der Waals surface area contributed by atoms with Gasteiger partial charge in [0.15, 0.2) is 5.78 Å². The molecule has 5 rings (SSSR count). The molecule has 38 heavy (non-hydrogen) atoms. The molecule has 0 aliphatic rings. The van der Waals surface area contributed by atoms with Crippen molar-refractivity contribution in [2.24, 2.45) is 0 Å². The van der Waals surface area contributed by atoms with Gasteiger partial charge in [-0.2, -0.15) is 0 Å². The smallest absolute Gasteiger partial charge is 0.252 e. The van der Waals surface area contributed by atoms with Gasteiger partial charge in [-0.25, -0.2) is 0 Å². The van der Waals surface area contributed by atoms with Crippen LogP contribution in [0.25, 0.3) is 10.9 Å². The first-order chi connectivity index (χ1) is 18.6. The van der Waals surface area contributed by atoms with E-state index in [0.717, 1.165) is 16.5 Å². The Morgan fingerprint density at radius 3 is 2.39 bits per heavy atom. The molecule has 4 aromatic carbocycles. The number of aromatic amines is 1. The minimum Gasteiger partial charge on any atom is -0.457 e. The molecule has 1 heterocycles. The van der Waals surface area contributed by atoms with Crippen molar-refractivity contribution in [3.63, 3.8) is 0 Å². The van der Waals surface area contributed by atoms with E-state index in [1.807, 2.05) is 60.7 Å². The summed E-state index contributed by atoms with van der Waals surface area (Å²) < 4.78 is 11.9. The van der Waals surface area contributed by atoms with Crippen molar-refractivity contribution in [2.75, 3.05) is 12.3 Å². The number of carbonyl (C=O) groups is 2. The number of ketones is 1. The lowest BCUT2D eigenvalue weighted by molar-refractivity contribution is 0.0671. The van der Waals surface area contributed by atoms with Crippen LogP contribution in [0, 0.1) is 0 Å². The number of nitrogens with one attached hydrogen (secondary N) is 2. The highest BCUT2D eigenvalue weighted by atomic mass is 16.5. The standard InChI is InChI=1S/C31H27N3O4/c32-22-14-15-26(29(18-22)38-23-10-5-2-6-11-23)30(35)28(20-37-19-21-8-3-1-4-9-21)34-31(36)25-12-7-13-27-24(25)16-17-33-27/h1-18,28,33H,19-20,32H2,(H,34,36). The van der Waals surface area contributed by atoms with Crippen LogP contribution in [0.2, 0.25) is 0 Å². The third kappa shape index (κ3) is 5.74. The fourth-order valence-corrected chi connectivity index (χ4v) is 4.20. The molecule has 1 atom stereocenters. The van der Waals surface area contributed by atoms with Crippen LogP contribution in [0.4, 0.5) is 5.69 Å². The van der Waals surface area contributed by atoms with Gasteiger partial charge in [0.1, 0.15) is 17.5 Å². The van der Waals surface area contributed by atoms with Gasteiger partial charge in [0.25, 0.3) is 5.91 Å². The molecule has 0 radical (unpaired) electrons. The second-order valence-corrected chi connectivity index (χ2v) is 8.81. The molecule has 0 aliphatic heterocycles. The number of aromatic nitrogens is 1. The van der Waals surface area contributed by atoms with Crippen LogP contribution < -0.4 is 15.8 Å². The van der Waals surface area contributed by atoms with Crippen molar-refractivity contribution in [3.05, 3.63) is 126 Å². The molecule has 1 aromatic heterocycles. The monoisotopic (exact) mass is 505 g/mol. The molecule has 0 aliphatic carbocycles. The lowest BCUT2D eigenvalue weighted by Gasteiger charge is -2.20. The molecule has 1 amide bonds. The minimum absolute atomic E-state index is 0.0300. The summed E-state index contributed by atoms with van der Waals surface area (Å²) in [6.45, 7) is 0.265. The number of hydrogen-bond donors (Lipinski definition) is 3. The zero-order chi connectivity index (χ0) is 26.3. The Morgan fingerprint density at radius 1 is 0.842 bits per heavy atom. The predicted octanol–water partition coefficient (Wildman–Crippen LogP) is 5.74. The highest BCUT2D eigenvalue weighted by Gasteiger charge is 2.27. The summed E-state index contributed by atoms with van der Waals surface area (Å²) in [5.74, 6) is 0.139. The number of amides is 1. The van der Waals surface area contributed by atoms with Crippen LogP contribution in [0.15, 0.2) is 109 Å². The van der Waals surface area contributed by atoms with Crippen LogP contribution in [0.5, 0.6) is 11.5 Å². The van der Waals surface area contributed by atoms with Gasteiger partial charge in [0.05, 0.1) is 18.8 Å². The van der Waals surface area contributed by atoms with Gasteiger partial charge in [-0.15, -0.1) is 0 Å². The summed E-state index contributed by atoms with van der Waals surface area (Å²) in [5, 5.41) is 3.66. The van der Waals surface area contributed by atoms with E-state index in [9.17, 15) is 9.59 Å². The molecular weight excluding hydrogens is 478 g/mol. The first-order valence-electron chi connectivity index (χ1n) is 12.2. The van der Waals surface area contributed by atoms with Gasteiger partial charge < -0.3 is 25.5 Å². The normalized spacial score (nSPS) is 11.7. The van der Waals surface area contributed by atoms with Gasteiger partial charge >= 0.3 is 0 Å². The van der Waals surface area contributed by atoms with Gasteiger partial charge in [-0.1, -0.05) is 54.6 Å². The molecule has 5 aromatic rings. The van der Waals surface area contributed by atoms with Crippen LogP contribution in [-0.4, -0.2) is 29.3 Å². The third-order valence-electron chi connectivity index (χ3n) is 6.10. The number of nitrogens with two attached hydrogens (primary N) is 1. The van der Waals surface area contributed by atoms with E-state index in [2.05, 4.69) is 10.3 Å². The largest absolute Gasteiger partial charge is 0.457 e. The quantitative estimate of drug-likeness (QED) is 0.166. The molecule has 190 valence electrons. The highest BCUT2D eigenvalue weighted by Crippen LogP contribution is 2.29. The summed E-state index contributed by atoms with van der Waals surface area (Å²) in [7, 11) is 0. The maximum absolute atomic E-state index is 13.9. The predicted molar refractivity (Wildman–Crippen MR) is 147 cm³/mol. The van der Waals surface area contributed by atoms with E-state index in [-0.39, 0.29) is 23.9 Å². The Hall–Kier alpha value is -4.88. The van der Waals surface area contributed by atoms with Crippen molar-refractivity contribution in [1.29, 1.82) is 0 Å². The lowest BCUT2D eigenvalue weighted by atomic mass is 10.0. The van der Waals surface area contributed by atoms with Crippen molar-refractivity contribution in [3.8, 4) is 11.5 Å². The number of anilines is 1. The molecule has 4 N–H and O–H groups in total. The van der Waals surface area contributed by atoms with Gasteiger partial charge in [0, 0.05) is 34.4 Å². The van der Waals surface area contributed by atoms with E-state index in [4.69, 9.17) is 15.2 Å². The number of fused-ring (bicyclic) bond motifs is 1. The Morgan fingerprint density at radius 2 is 1.61 bits per heavy atom. The Labute approximate surface area is 220 Å². The molecule has 0 saturated carbocycles. The van der Waals surface area contributed by atoms with Crippen LogP contribution in [-0.2, 0) is 11.3 Å². The van der Waals surface area contributed by atoms with Crippen molar-refractivity contribution in [2.45, 2.75) is 12.6 Å². The number of nitrogen functional groups attached to an aromatic ring is 1. The summed E-state index contributed by atoms with van der Waals surface area (Å²) in [4.78, 5) is 30.4. The maximum Gasteiger partial charge on any atom is 0.252 e. The summed E-state index contributed by atoms with van der Waals surface area (Å²) in [6, 6.07) is 29.9. The van der Waals surface area contributed by atoms with Crippen molar-refractivity contribution < 1.29 is 19.1 Å². The first kappa shape index (κ1) is 24.8. The zero-order valence-electron chi connectivity index (χ0n) is 20.6. The lowest BCUT2D eigenvalue weighted by Crippen LogP contribution is -2.44. The number of ether oxygens (including phenoxy) is 2. The molecule has 1 unspecified atom stereocenters. The van der Waals surface area contributed by atoms with Crippen molar-refractivity contribution >= 4 is 28.3 Å². The average Bonchev–Trinajstić information content (AvgIpc) is 3.43. The molecule has 0 saturated heterocycles. The van der Waals surface area contributed by atoms with E-state index < -0.39 is 6.04 Å². The summed E-state index contributed by atoms with van der Waals surface area (Å²) >= 11 is 0. The third-order valence-corrected chi connectivity index (χ3v) is 6.10. The van der Waals surface area contributed by atoms with Crippen LogP contribution in [0.3, 0.4) is 0 Å². The van der Waals surface area contributed by atoms with E-state index in [0.29, 0.717) is 29.4 Å². The fraction of sp³-hybridized carbons (Fsp3) is 0.0968. The first-order valence-corrected chi connectivity index (χ1v) is 12.2. The van der Waals surface area contributed by atoms with Gasteiger partial charge in [-0.3, -0.25) is 9.59 Å². The Bertz CT molecular complexity index is 1550.